The molecule has 0 unspecified atom stereocenters. The van der Waals surface area contributed by atoms with Crippen molar-refractivity contribution in [1.29, 1.82) is 0 Å². The van der Waals surface area contributed by atoms with Gasteiger partial charge in [0.2, 0.25) is 0 Å². The van der Waals surface area contributed by atoms with Crippen molar-refractivity contribution in [2.75, 3.05) is 0 Å². The monoisotopic (exact) mass is 269 g/mol. The number of aldehydes is 1. The van der Waals surface area contributed by atoms with E-state index in [1.54, 1.807) is 18.3 Å². The third-order valence-corrected chi connectivity index (χ3v) is 3.20. The molecule has 0 aliphatic carbocycles. The molecule has 0 fully saturated rings. The van der Waals surface area contributed by atoms with Crippen LogP contribution in [0.5, 0.6) is 0 Å². The van der Waals surface area contributed by atoms with Crippen molar-refractivity contribution in [3.05, 3.63) is 47.5 Å². The number of nitrogens with one attached hydrogen (secondary N) is 1. The second kappa shape index (κ2) is 4.85. The topological polar surface area (TPSA) is 58.6 Å². The summed E-state index contributed by atoms with van der Waals surface area (Å²) in [6.07, 6.45) is 3.10. The van der Waals surface area contributed by atoms with Crippen LogP contribution in [0.15, 0.2) is 30.5 Å². The number of aromatic amines is 1. The number of fused-ring (bicyclic) bond motifs is 1. The molecule has 1 aromatic carbocycles. The molecule has 2 aromatic heterocycles. The van der Waals surface area contributed by atoms with Crippen LogP contribution in [0.4, 0.5) is 4.39 Å². The highest BCUT2D eigenvalue weighted by molar-refractivity contribution is 5.97. The van der Waals surface area contributed by atoms with Gasteiger partial charge < -0.3 is 4.98 Å². The van der Waals surface area contributed by atoms with Crippen molar-refractivity contribution in [1.82, 2.24) is 15.0 Å². The zero-order valence-corrected chi connectivity index (χ0v) is 10.9. The normalized spacial score (nSPS) is 10.9. The van der Waals surface area contributed by atoms with E-state index in [1.165, 1.54) is 12.1 Å². The lowest BCUT2D eigenvalue weighted by atomic mass is 10.1. The second-order valence-corrected chi connectivity index (χ2v) is 4.44. The minimum Gasteiger partial charge on any atom is -0.345 e. The zero-order chi connectivity index (χ0) is 14.1. The predicted molar refractivity (Wildman–Crippen MR) is 74.0 cm³/mol. The molecule has 0 saturated heterocycles. The molecule has 2 heterocycles. The molecule has 3 rings (SSSR count). The molecule has 1 N–H and O–H groups in total. The van der Waals surface area contributed by atoms with Crippen LogP contribution < -0.4 is 0 Å². The third-order valence-electron chi connectivity index (χ3n) is 3.20. The van der Waals surface area contributed by atoms with Crippen molar-refractivity contribution >= 4 is 17.3 Å². The molecule has 5 heteroatoms. The lowest BCUT2D eigenvalue weighted by molar-refractivity contribution is 0.112. The highest BCUT2D eigenvalue weighted by atomic mass is 19.1. The third kappa shape index (κ3) is 1.97. The molecule has 0 atom stereocenters. The maximum Gasteiger partial charge on any atom is 0.161 e. The summed E-state index contributed by atoms with van der Waals surface area (Å²) >= 11 is 0. The Morgan fingerprint density at radius 2 is 2.00 bits per heavy atom. The molecule has 0 aliphatic heterocycles. The van der Waals surface area contributed by atoms with E-state index in [0.717, 1.165) is 22.9 Å². The Kier molecular flexibility index (Phi) is 3.02. The lowest BCUT2D eigenvalue weighted by Gasteiger charge is -2.05. The average molecular weight is 269 g/mol. The molecule has 4 nitrogen and oxygen atoms in total. The lowest BCUT2D eigenvalue weighted by Crippen LogP contribution is -1.97. The molecule has 0 aliphatic rings. The number of H-pyrrole nitrogens is 1. The largest absolute Gasteiger partial charge is 0.345 e. The molecular formula is C15H12FN3O. The Labute approximate surface area is 114 Å². The van der Waals surface area contributed by atoms with Crippen molar-refractivity contribution in [2.24, 2.45) is 0 Å². The SMILES string of the molecule is CCc1nc(-c2ccc(F)cc2)nc2[nH]cc(C=O)c12. The molecule has 0 bridgehead atoms. The van der Waals surface area contributed by atoms with Crippen molar-refractivity contribution < 1.29 is 9.18 Å². The van der Waals surface area contributed by atoms with Crippen LogP contribution in [0, 0.1) is 5.82 Å². The number of carbonyl (C=O) groups excluding carboxylic acids is 1. The van der Waals surface area contributed by atoms with Gasteiger partial charge >= 0.3 is 0 Å². The number of aromatic nitrogens is 3. The standard InChI is InChI=1S/C15H12FN3O/c1-2-12-13-10(8-20)7-17-15(13)19-14(18-12)9-3-5-11(16)6-4-9/h3-8H,2H2,1H3,(H,17,18,19). The van der Waals surface area contributed by atoms with E-state index in [4.69, 9.17) is 0 Å². The first-order valence-electron chi connectivity index (χ1n) is 6.32. The van der Waals surface area contributed by atoms with Crippen LogP contribution in [0.3, 0.4) is 0 Å². The van der Waals surface area contributed by atoms with Crippen LogP contribution in [-0.2, 0) is 6.42 Å². The summed E-state index contributed by atoms with van der Waals surface area (Å²) < 4.78 is 13.0. The van der Waals surface area contributed by atoms with E-state index in [9.17, 15) is 9.18 Å². The number of rotatable bonds is 3. The fourth-order valence-corrected chi connectivity index (χ4v) is 2.21. The predicted octanol–water partition coefficient (Wildman–Crippen LogP) is 3.14. The summed E-state index contributed by atoms with van der Waals surface area (Å²) in [6.45, 7) is 1.97. The molecule has 100 valence electrons. The van der Waals surface area contributed by atoms with Crippen molar-refractivity contribution in [3.63, 3.8) is 0 Å². The number of hydrogen-bond donors (Lipinski definition) is 1. The number of halogens is 1. The highest BCUT2D eigenvalue weighted by Crippen LogP contribution is 2.24. The fraction of sp³-hybridized carbons (Fsp3) is 0.133. The second-order valence-electron chi connectivity index (χ2n) is 4.44. The molecule has 0 radical (unpaired) electrons. The number of nitrogens with zero attached hydrogens (tertiary/aromatic N) is 2. The highest BCUT2D eigenvalue weighted by Gasteiger charge is 2.13. The van der Waals surface area contributed by atoms with Gasteiger partial charge in [-0.1, -0.05) is 6.92 Å². The number of hydrogen-bond acceptors (Lipinski definition) is 3. The number of benzene rings is 1. The number of carbonyl (C=O) groups is 1. The summed E-state index contributed by atoms with van der Waals surface area (Å²) in [5.74, 6) is 0.224. The minimum absolute atomic E-state index is 0.298. The van der Waals surface area contributed by atoms with Crippen LogP contribution in [-0.4, -0.2) is 21.2 Å². The van der Waals surface area contributed by atoms with Gasteiger partial charge in [0.05, 0.1) is 11.1 Å². The Hall–Kier alpha value is -2.56. The van der Waals surface area contributed by atoms with Crippen LogP contribution in [0.25, 0.3) is 22.4 Å². The Morgan fingerprint density at radius 3 is 2.65 bits per heavy atom. The maximum atomic E-state index is 13.0. The van der Waals surface area contributed by atoms with Crippen molar-refractivity contribution in [2.45, 2.75) is 13.3 Å². The first-order valence-corrected chi connectivity index (χ1v) is 6.32. The van der Waals surface area contributed by atoms with Gasteiger partial charge in [-0.25, -0.2) is 14.4 Å². The van der Waals surface area contributed by atoms with Gasteiger partial charge in [0.25, 0.3) is 0 Å². The summed E-state index contributed by atoms with van der Waals surface area (Å²) in [5.41, 5.74) is 2.73. The quantitative estimate of drug-likeness (QED) is 0.743. The van der Waals surface area contributed by atoms with Crippen LogP contribution in [0.2, 0.25) is 0 Å². The summed E-state index contributed by atoms with van der Waals surface area (Å²) in [7, 11) is 0. The first kappa shape index (κ1) is 12.5. The molecule has 3 aromatic rings. The van der Waals surface area contributed by atoms with E-state index in [0.29, 0.717) is 23.5 Å². The molecule has 0 amide bonds. The Morgan fingerprint density at radius 1 is 1.25 bits per heavy atom. The van der Waals surface area contributed by atoms with Gasteiger partial charge in [-0.15, -0.1) is 0 Å². The van der Waals surface area contributed by atoms with Gasteiger partial charge in [0.15, 0.2) is 12.1 Å². The minimum atomic E-state index is -0.298. The fourth-order valence-electron chi connectivity index (χ4n) is 2.21. The smallest absolute Gasteiger partial charge is 0.161 e. The molecular weight excluding hydrogens is 257 g/mol. The number of aryl methyl sites for hydroxylation is 1. The molecule has 0 saturated carbocycles. The van der Waals surface area contributed by atoms with Gasteiger partial charge in [-0.2, -0.15) is 0 Å². The van der Waals surface area contributed by atoms with Gasteiger partial charge in [0.1, 0.15) is 11.5 Å². The van der Waals surface area contributed by atoms with Gasteiger partial charge in [0, 0.05) is 17.3 Å². The van der Waals surface area contributed by atoms with E-state index < -0.39 is 0 Å². The summed E-state index contributed by atoms with van der Waals surface area (Å²) in [4.78, 5) is 22.9. The Balaban J connectivity index is 2.23. The molecule has 20 heavy (non-hydrogen) atoms. The maximum absolute atomic E-state index is 13.0. The van der Waals surface area contributed by atoms with Gasteiger partial charge in [-0.3, -0.25) is 4.79 Å². The van der Waals surface area contributed by atoms with E-state index in [-0.39, 0.29) is 5.82 Å². The van der Waals surface area contributed by atoms with Crippen molar-refractivity contribution in [3.8, 4) is 11.4 Å². The van der Waals surface area contributed by atoms with E-state index in [2.05, 4.69) is 15.0 Å². The summed E-state index contributed by atoms with van der Waals surface area (Å²) in [5, 5.41) is 0.758. The van der Waals surface area contributed by atoms with Crippen LogP contribution >= 0.6 is 0 Å². The van der Waals surface area contributed by atoms with Gasteiger partial charge in [-0.05, 0) is 30.7 Å². The van der Waals surface area contributed by atoms with E-state index >= 15 is 0 Å². The summed E-state index contributed by atoms with van der Waals surface area (Å²) in [6, 6.07) is 6.03. The Bertz CT molecular complexity index is 778. The van der Waals surface area contributed by atoms with E-state index in [1.807, 2.05) is 6.92 Å². The first-order chi connectivity index (χ1) is 9.72. The van der Waals surface area contributed by atoms with Crippen LogP contribution in [0.1, 0.15) is 23.0 Å². The zero-order valence-electron chi connectivity index (χ0n) is 10.9. The molecule has 0 spiro atoms. The average Bonchev–Trinajstić information content (AvgIpc) is 2.90.